The molecule has 31 heavy (non-hydrogen) atoms. The Bertz CT molecular complexity index is 1190. The number of aliphatic hydroxyl groups is 1. The summed E-state index contributed by atoms with van der Waals surface area (Å²) in [5, 5.41) is 12.1. The predicted molar refractivity (Wildman–Crippen MR) is 122 cm³/mol. The number of hydrogen-bond donors (Lipinski definition) is 2. The molecule has 2 N–H and O–H groups in total. The molecule has 0 amide bonds. The fourth-order valence-corrected chi connectivity index (χ4v) is 4.81. The molecule has 0 aliphatic heterocycles. The molecular formula is C26H29NO4. The highest BCUT2D eigenvalue weighted by Gasteiger charge is 2.39. The first kappa shape index (κ1) is 21.0. The number of hydrogen-bond acceptors (Lipinski definition) is 4. The number of aryl methyl sites for hydroxylation is 1. The lowest BCUT2D eigenvalue weighted by Gasteiger charge is -2.33. The number of aliphatic hydroxyl groups excluding tert-OH is 1. The maximum absolute atomic E-state index is 13.4. The Morgan fingerprint density at radius 3 is 2.42 bits per heavy atom. The van der Waals surface area contributed by atoms with Crippen LogP contribution in [0.2, 0.25) is 0 Å². The number of fused-ring (bicyclic) bond motifs is 1. The number of aromatic nitrogens is 1. The van der Waals surface area contributed by atoms with Crippen molar-refractivity contribution in [1.82, 2.24) is 4.98 Å². The Kier molecular flexibility index (Phi) is 5.29. The van der Waals surface area contributed by atoms with Crippen molar-refractivity contribution in [1.29, 1.82) is 0 Å². The highest BCUT2D eigenvalue weighted by molar-refractivity contribution is 6.01. The Morgan fingerprint density at radius 1 is 1.03 bits per heavy atom. The number of ketones is 1. The zero-order valence-corrected chi connectivity index (χ0v) is 18.7. The van der Waals surface area contributed by atoms with Gasteiger partial charge in [0.15, 0.2) is 17.3 Å². The third-order valence-electron chi connectivity index (χ3n) is 6.16. The number of benzene rings is 2. The minimum absolute atomic E-state index is 0.0155. The molecular weight excluding hydrogens is 390 g/mol. The Morgan fingerprint density at radius 2 is 1.74 bits per heavy atom. The van der Waals surface area contributed by atoms with Crippen LogP contribution in [0.3, 0.4) is 0 Å². The lowest BCUT2D eigenvalue weighted by atomic mass is 9.70. The van der Waals surface area contributed by atoms with Gasteiger partial charge in [-0.05, 0) is 41.7 Å². The van der Waals surface area contributed by atoms with Gasteiger partial charge in [-0.1, -0.05) is 38.1 Å². The van der Waals surface area contributed by atoms with Crippen LogP contribution in [0, 0.1) is 12.3 Å². The Hall–Kier alpha value is -3.21. The summed E-state index contributed by atoms with van der Waals surface area (Å²) in [5.41, 5.74) is 4.06. The van der Waals surface area contributed by atoms with E-state index >= 15 is 0 Å². The summed E-state index contributed by atoms with van der Waals surface area (Å²) in [7, 11) is 3.19. The zero-order chi connectivity index (χ0) is 22.3. The van der Waals surface area contributed by atoms with Gasteiger partial charge in [-0.2, -0.15) is 0 Å². The molecule has 2 aromatic carbocycles. The number of nitrogens with one attached hydrogen (secondary N) is 1. The molecule has 1 aliphatic carbocycles. The number of methoxy groups -OCH3 is 2. The topological polar surface area (TPSA) is 71.5 Å². The van der Waals surface area contributed by atoms with Crippen LogP contribution in [0.15, 0.2) is 53.8 Å². The number of allylic oxidation sites excluding steroid dienone is 2. The third kappa shape index (κ3) is 3.69. The number of para-hydroxylation sites is 1. The third-order valence-corrected chi connectivity index (χ3v) is 6.16. The second-order valence-corrected chi connectivity index (χ2v) is 9.06. The van der Waals surface area contributed by atoms with E-state index in [4.69, 9.17) is 9.47 Å². The summed E-state index contributed by atoms with van der Waals surface area (Å²) in [6.45, 7) is 6.04. The molecule has 0 fully saturated rings. The molecule has 162 valence electrons. The summed E-state index contributed by atoms with van der Waals surface area (Å²) >= 11 is 0. The van der Waals surface area contributed by atoms with Gasteiger partial charge in [0.1, 0.15) is 5.76 Å². The molecule has 5 heteroatoms. The van der Waals surface area contributed by atoms with E-state index in [1.54, 1.807) is 14.2 Å². The van der Waals surface area contributed by atoms with E-state index in [1.807, 2.05) is 57.2 Å². The summed E-state index contributed by atoms with van der Waals surface area (Å²) in [6.07, 6.45) is 0.872. The monoisotopic (exact) mass is 419 g/mol. The van der Waals surface area contributed by atoms with E-state index in [9.17, 15) is 9.90 Å². The van der Waals surface area contributed by atoms with Crippen LogP contribution in [0.25, 0.3) is 10.9 Å². The van der Waals surface area contributed by atoms with Crippen LogP contribution >= 0.6 is 0 Å². The summed E-state index contributed by atoms with van der Waals surface area (Å²) in [6, 6.07) is 13.7. The molecule has 0 saturated heterocycles. The molecule has 1 aliphatic rings. The Labute approximate surface area is 182 Å². The van der Waals surface area contributed by atoms with E-state index in [2.05, 4.69) is 11.1 Å². The maximum Gasteiger partial charge on any atom is 0.163 e. The molecule has 0 spiro atoms. The van der Waals surface area contributed by atoms with Crippen molar-refractivity contribution in [2.45, 2.75) is 39.5 Å². The molecule has 3 aromatic rings. The number of ether oxygens (including phenoxy) is 2. The van der Waals surface area contributed by atoms with Gasteiger partial charge < -0.3 is 19.6 Å². The summed E-state index contributed by atoms with van der Waals surface area (Å²) in [4.78, 5) is 16.8. The first-order valence-electron chi connectivity index (χ1n) is 10.5. The first-order chi connectivity index (χ1) is 14.8. The van der Waals surface area contributed by atoms with Gasteiger partial charge in [-0.25, -0.2) is 0 Å². The van der Waals surface area contributed by atoms with Gasteiger partial charge in [0.05, 0.1) is 14.2 Å². The maximum atomic E-state index is 13.4. The average Bonchev–Trinajstić information content (AvgIpc) is 3.05. The Balaban J connectivity index is 2.01. The molecule has 0 bridgehead atoms. The van der Waals surface area contributed by atoms with Crippen molar-refractivity contribution in [3.05, 3.63) is 70.6 Å². The molecule has 1 aromatic heterocycles. The zero-order valence-electron chi connectivity index (χ0n) is 18.7. The lowest BCUT2D eigenvalue weighted by molar-refractivity contribution is -0.118. The molecule has 1 atom stereocenters. The minimum Gasteiger partial charge on any atom is -0.512 e. The number of carbonyl (C=O) groups is 1. The van der Waals surface area contributed by atoms with Crippen molar-refractivity contribution in [3.63, 3.8) is 0 Å². The summed E-state index contributed by atoms with van der Waals surface area (Å²) < 4.78 is 11.0. The van der Waals surface area contributed by atoms with Crippen LogP contribution in [0.4, 0.5) is 0 Å². The fourth-order valence-electron chi connectivity index (χ4n) is 4.81. The smallest absolute Gasteiger partial charge is 0.163 e. The van der Waals surface area contributed by atoms with Crippen molar-refractivity contribution < 1.29 is 19.4 Å². The minimum atomic E-state index is -0.417. The largest absolute Gasteiger partial charge is 0.512 e. The van der Waals surface area contributed by atoms with E-state index in [0.29, 0.717) is 29.9 Å². The van der Waals surface area contributed by atoms with Gasteiger partial charge in [-0.15, -0.1) is 0 Å². The van der Waals surface area contributed by atoms with Crippen LogP contribution < -0.4 is 9.47 Å². The summed E-state index contributed by atoms with van der Waals surface area (Å²) in [5.74, 6) is 0.949. The number of carbonyl (C=O) groups excluding carboxylic acids is 1. The van der Waals surface area contributed by atoms with Crippen LogP contribution in [0.5, 0.6) is 11.5 Å². The van der Waals surface area contributed by atoms with Crippen LogP contribution in [-0.2, 0) is 4.79 Å². The second-order valence-electron chi connectivity index (χ2n) is 9.06. The van der Waals surface area contributed by atoms with Gasteiger partial charge >= 0.3 is 0 Å². The molecule has 1 heterocycles. The van der Waals surface area contributed by atoms with E-state index < -0.39 is 5.92 Å². The SMILES string of the molecule is COc1ccc(C(C2=C(O)CC(C)(C)CC2=O)c2c(C)[nH]c3ccccc23)cc1OC. The molecule has 0 saturated carbocycles. The van der Waals surface area contributed by atoms with E-state index in [-0.39, 0.29) is 17.0 Å². The second kappa shape index (κ2) is 7.80. The van der Waals surface area contributed by atoms with Crippen molar-refractivity contribution in [2.24, 2.45) is 5.41 Å². The van der Waals surface area contributed by atoms with Crippen LogP contribution in [0.1, 0.15) is 49.4 Å². The highest BCUT2D eigenvalue weighted by Crippen LogP contribution is 2.47. The van der Waals surface area contributed by atoms with Gasteiger partial charge in [0.25, 0.3) is 0 Å². The fraction of sp³-hybridized carbons (Fsp3) is 0.346. The van der Waals surface area contributed by atoms with Crippen LogP contribution in [-0.4, -0.2) is 30.1 Å². The quantitative estimate of drug-likeness (QED) is 0.546. The van der Waals surface area contributed by atoms with Crippen molar-refractivity contribution in [2.75, 3.05) is 14.2 Å². The van der Waals surface area contributed by atoms with Gasteiger partial charge in [0.2, 0.25) is 0 Å². The van der Waals surface area contributed by atoms with Gasteiger partial charge in [0, 0.05) is 40.9 Å². The van der Waals surface area contributed by atoms with Crippen molar-refractivity contribution in [3.8, 4) is 11.5 Å². The number of Topliss-reactive ketones (excluding diaryl/α,β-unsaturated/α-hetero) is 1. The van der Waals surface area contributed by atoms with Crippen molar-refractivity contribution >= 4 is 16.7 Å². The standard InChI is InChI=1S/C26H29NO4/c1-15-23(17-8-6-7-9-18(17)27-15)24(16-10-11-21(30-4)22(12-16)31-5)25-19(28)13-26(2,3)14-20(25)29/h6-12,24,27-28H,13-14H2,1-5H3. The average molecular weight is 420 g/mol. The molecule has 5 nitrogen and oxygen atoms in total. The number of rotatable bonds is 5. The normalized spacial score (nSPS) is 17.1. The number of aromatic amines is 1. The molecule has 0 radical (unpaired) electrons. The van der Waals surface area contributed by atoms with E-state index in [0.717, 1.165) is 27.7 Å². The lowest BCUT2D eigenvalue weighted by Crippen LogP contribution is -2.29. The highest BCUT2D eigenvalue weighted by atomic mass is 16.5. The van der Waals surface area contributed by atoms with E-state index in [1.165, 1.54) is 0 Å². The predicted octanol–water partition coefficient (Wildman–Crippen LogP) is 5.83. The first-order valence-corrected chi connectivity index (χ1v) is 10.5. The number of H-pyrrole nitrogens is 1. The molecule has 1 unspecified atom stereocenters. The molecule has 4 rings (SSSR count). The van der Waals surface area contributed by atoms with Gasteiger partial charge in [-0.3, -0.25) is 4.79 Å².